The van der Waals surface area contributed by atoms with Crippen LogP contribution in [0, 0.1) is 13.8 Å². The lowest BCUT2D eigenvalue weighted by molar-refractivity contribution is 0.736. The number of benzene rings is 1. The molecule has 0 fully saturated rings. The number of fused-ring (bicyclic) bond motifs is 1. The van der Waals surface area contributed by atoms with E-state index in [4.69, 9.17) is 4.98 Å². The molecule has 3 nitrogen and oxygen atoms in total. The molecule has 0 atom stereocenters. The van der Waals surface area contributed by atoms with Crippen LogP contribution in [0.5, 0.6) is 0 Å². The molecule has 0 amide bonds. The largest absolute Gasteiger partial charge is 0.272 e. The average molecular weight is 409 g/mol. The van der Waals surface area contributed by atoms with E-state index < -0.39 is 0 Å². The maximum atomic E-state index is 12.9. The zero-order valence-corrected chi connectivity index (χ0v) is 20.1. The van der Waals surface area contributed by atoms with Crippen molar-refractivity contribution in [1.82, 2.24) is 9.55 Å². The first-order chi connectivity index (χ1) is 13.1. The third-order valence-electron chi connectivity index (χ3n) is 3.53. The van der Waals surface area contributed by atoms with Gasteiger partial charge in [-0.05, 0) is 31.2 Å². The van der Waals surface area contributed by atoms with E-state index in [9.17, 15) is 4.79 Å². The van der Waals surface area contributed by atoms with Gasteiger partial charge >= 0.3 is 0 Å². The van der Waals surface area contributed by atoms with E-state index in [2.05, 4.69) is 32.9 Å². The lowest BCUT2D eigenvalue weighted by Crippen LogP contribution is -2.24. The molecule has 1 aromatic carbocycles. The van der Waals surface area contributed by atoms with Gasteiger partial charge in [-0.25, -0.2) is 4.98 Å². The zero-order chi connectivity index (χ0) is 21.0. The van der Waals surface area contributed by atoms with Gasteiger partial charge < -0.3 is 0 Å². The minimum absolute atomic E-state index is 0.0883. The Morgan fingerprint density at radius 2 is 1.74 bits per heavy atom. The Morgan fingerprint density at radius 1 is 1.11 bits per heavy atom. The molecule has 1 aliphatic rings. The Morgan fingerprint density at radius 3 is 2.30 bits per heavy atom. The SMILES string of the molecule is CC.CC.CC.CCSc1nc2c(c(=O)n1-c1ccc(C)cc1C)SCC2. The summed E-state index contributed by atoms with van der Waals surface area (Å²) < 4.78 is 1.79. The summed E-state index contributed by atoms with van der Waals surface area (Å²) in [4.78, 5) is 18.5. The van der Waals surface area contributed by atoms with Gasteiger partial charge in [0.05, 0.1) is 16.3 Å². The molecule has 1 aromatic heterocycles. The highest BCUT2D eigenvalue weighted by Gasteiger charge is 2.22. The van der Waals surface area contributed by atoms with Crippen LogP contribution in [0.25, 0.3) is 5.69 Å². The molecule has 0 bridgehead atoms. The molecular formula is C22H36N2OS2. The molecule has 0 saturated heterocycles. The smallest absolute Gasteiger partial charge is 0.268 e. The second kappa shape index (κ2) is 13.9. The summed E-state index contributed by atoms with van der Waals surface area (Å²) in [5, 5.41) is 0.815. The van der Waals surface area contributed by atoms with Crippen LogP contribution >= 0.6 is 23.5 Å². The van der Waals surface area contributed by atoms with E-state index in [1.165, 1.54) is 5.56 Å². The number of rotatable bonds is 3. The minimum Gasteiger partial charge on any atom is -0.268 e. The summed E-state index contributed by atoms with van der Waals surface area (Å²) in [7, 11) is 0. The number of aryl methyl sites for hydroxylation is 3. The van der Waals surface area contributed by atoms with E-state index in [0.717, 1.165) is 44.9 Å². The van der Waals surface area contributed by atoms with Crippen LogP contribution in [-0.4, -0.2) is 21.1 Å². The van der Waals surface area contributed by atoms with E-state index in [1.807, 2.05) is 47.6 Å². The maximum absolute atomic E-state index is 12.9. The Labute approximate surface area is 174 Å². The lowest BCUT2D eigenvalue weighted by atomic mass is 10.1. The molecule has 0 unspecified atom stereocenters. The van der Waals surface area contributed by atoms with Crippen molar-refractivity contribution >= 4 is 23.5 Å². The first-order valence-corrected chi connectivity index (χ1v) is 12.1. The molecular weight excluding hydrogens is 372 g/mol. The van der Waals surface area contributed by atoms with Crippen LogP contribution in [0.15, 0.2) is 33.0 Å². The molecule has 0 radical (unpaired) electrons. The quantitative estimate of drug-likeness (QED) is 0.419. The molecule has 0 aliphatic carbocycles. The average Bonchev–Trinajstić information content (AvgIpc) is 3.17. The van der Waals surface area contributed by atoms with Gasteiger partial charge in [0.25, 0.3) is 5.56 Å². The van der Waals surface area contributed by atoms with Crippen molar-refractivity contribution in [3.05, 3.63) is 45.4 Å². The molecule has 2 aromatic rings. The first kappa shape index (κ1) is 25.8. The monoisotopic (exact) mass is 408 g/mol. The van der Waals surface area contributed by atoms with Crippen molar-refractivity contribution in [2.45, 2.75) is 78.8 Å². The Hall–Kier alpha value is -1.20. The van der Waals surface area contributed by atoms with Gasteiger partial charge in [-0.1, -0.05) is 77.9 Å². The summed E-state index contributed by atoms with van der Waals surface area (Å²) in [5.41, 5.74) is 4.33. The summed E-state index contributed by atoms with van der Waals surface area (Å²) >= 11 is 3.27. The van der Waals surface area contributed by atoms with Gasteiger partial charge in [0, 0.05) is 12.2 Å². The van der Waals surface area contributed by atoms with Crippen molar-refractivity contribution in [3.8, 4) is 5.69 Å². The van der Waals surface area contributed by atoms with Crippen molar-refractivity contribution < 1.29 is 0 Å². The van der Waals surface area contributed by atoms with Crippen molar-refractivity contribution in [3.63, 3.8) is 0 Å². The Bertz CT molecular complexity index is 755. The zero-order valence-electron chi connectivity index (χ0n) is 18.5. The summed E-state index contributed by atoms with van der Waals surface area (Å²) in [6.07, 6.45) is 0.903. The van der Waals surface area contributed by atoms with Crippen LogP contribution in [0.4, 0.5) is 0 Å². The molecule has 0 N–H and O–H groups in total. The Balaban J connectivity index is 0.00000103. The van der Waals surface area contributed by atoms with Crippen LogP contribution < -0.4 is 5.56 Å². The second-order valence-electron chi connectivity index (χ2n) is 5.13. The second-order valence-corrected chi connectivity index (χ2v) is 7.47. The maximum Gasteiger partial charge on any atom is 0.272 e. The van der Waals surface area contributed by atoms with Crippen molar-refractivity contribution in [2.24, 2.45) is 0 Å². The highest BCUT2D eigenvalue weighted by molar-refractivity contribution is 7.99. The van der Waals surface area contributed by atoms with E-state index in [-0.39, 0.29) is 5.56 Å². The van der Waals surface area contributed by atoms with Crippen LogP contribution in [-0.2, 0) is 6.42 Å². The van der Waals surface area contributed by atoms with Crippen LogP contribution in [0.1, 0.15) is 65.3 Å². The van der Waals surface area contributed by atoms with E-state index in [0.29, 0.717) is 0 Å². The fourth-order valence-electron chi connectivity index (χ4n) is 2.59. The third-order valence-corrected chi connectivity index (χ3v) is 5.46. The number of thioether (sulfide) groups is 2. The van der Waals surface area contributed by atoms with Gasteiger partial charge in [0.15, 0.2) is 5.16 Å². The van der Waals surface area contributed by atoms with E-state index in [1.54, 1.807) is 28.1 Å². The summed E-state index contributed by atoms with van der Waals surface area (Å²) in [6.45, 7) is 18.2. The van der Waals surface area contributed by atoms with Gasteiger partial charge in [0.1, 0.15) is 0 Å². The minimum atomic E-state index is 0.0883. The molecule has 2 heterocycles. The highest BCUT2D eigenvalue weighted by Crippen LogP contribution is 2.30. The molecule has 5 heteroatoms. The van der Waals surface area contributed by atoms with Crippen LogP contribution in [0.3, 0.4) is 0 Å². The molecule has 1 aliphatic heterocycles. The van der Waals surface area contributed by atoms with Crippen LogP contribution in [0.2, 0.25) is 0 Å². The Kier molecular flexibility index (Phi) is 13.3. The van der Waals surface area contributed by atoms with Gasteiger partial charge in [-0.15, -0.1) is 11.8 Å². The normalized spacial score (nSPS) is 11.1. The predicted molar refractivity (Wildman–Crippen MR) is 124 cm³/mol. The number of hydrogen-bond donors (Lipinski definition) is 0. The lowest BCUT2D eigenvalue weighted by Gasteiger charge is -2.15. The molecule has 0 spiro atoms. The summed E-state index contributed by atoms with van der Waals surface area (Å²) in [6, 6.07) is 6.19. The highest BCUT2D eigenvalue weighted by atomic mass is 32.2. The first-order valence-electron chi connectivity index (χ1n) is 10.1. The van der Waals surface area contributed by atoms with Gasteiger partial charge in [-0.3, -0.25) is 9.36 Å². The topological polar surface area (TPSA) is 34.9 Å². The molecule has 0 saturated carbocycles. The number of aromatic nitrogens is 2. The number of hydrogen-bond acceptors (Lipinski definition) is 4. The van der Waals surface area contributed by atoms with Crippen molar-refractivity contribution in [1.29, 1.82) is 0 Å². The molecule has 27 heavy (non-hydrogen) atoms. The molecule has 152 valence electrons. The third kappa shape index (κ3) is 6.42. The summed E-state index contributed by atoms with van der Waals surface area (Å²) in [5.74, 6) is 1.87. The standard InChI is InChI=1S/C16H18N2OS2.3C2H6/c1-4-20-16-17-12-7-8-21-14(12)15(19)18(16)13-6-5-10(2)9-11(13)3;3*1-2/h5-6,9H,4,7-8H2,1-3H3;3*1-2H3. The fourth-order valence-corrected chi connectivity index (χ4v) is 4.36. The predicted octanol–water partition coefficient (Wildman–Crippen LogP) is 6.69. The number of nitrogens with zero attached hydrogens (tertiary/aromatic N) is 2. The van der Waals surface area contributed by atoms with Gasteiger partial charge in [-0.2, -0.15) is 0 Å². The van der Waals surface area contributed by atoms with Gasteiger partial charge in [0.2, 0.25) is 0 Å². The fraction of sp³-hybridized carbons (Fsp3) is 0.545. The van der Waals surface area contributed by atoms with E-state index >= 15 is 0 Å². The van der Waals surface area contributed by atoms with Crippen molar-refractivity contribution in [2.75, 3.05) is 11.5 Å². The molecule has 3 rings (SSSR count).